The molecule has 2 aliphatic heterocycles. The number of primary amides is 1. The molecule has 0 spiro atoms. The fourth-order valence-electron chi connectivity index (χ4n) is 11.0. The number of aromatic nitrogens is 2. The van der Waals surface area contributed by atoms with Crippen molar-refractivity contribution in [3.05, 3.63) is 91.5 Å². The Morgan fingerprint density at radius 2 is 1.33 bits per heavy atom. The molecular formula is C66H93FN8O19. The summed E-state index contributed by atoms with van der Waals surface area (Å²) in [7, 11) is 0. The smallest absolute Gasteiger partial charge is 0.407 e. The van der Waals surface area contributed by atoms with Crippen molar-refractivity contribution in [2.75, 3.05) is 131 Å². The molecule has 7 rings (SSSR count). The van der Waals surface area contributed by atoms with Crippen LogP contribution in [-0.4, -0.2) is 188 Å². The van der Waals surface area contributed by atoms with Crippen LogP contribution in [0.2, 0.25) is 0 Å². The Kier molecular flexibility index (Phi) is 30.2. The largest absolute Gasteiger partial charge is 0.458 e. The van der Waals surface area contributed by atoms with Gasteiger partial charge in [0.2, 0.25) is 17.7 Å². The number of hydrogen-bond donors (Lipinski definition) is 7. The van der Waals surface area contributed by atoms with Crippen LogP contribution in [0.15, 0.2) is 41.2 Å². The van der Waals surface area contributed by atoms with Crippen LogP contribution >= 0.6 is 0 Å². The third-order valence-electron chi connectivity index (χ3n) is 16.2. The van der Waals surface area contributed by atoms with Gasteiger partial charge in [0, 0.05) is 47.8 Å². The average molecular weight is 1320 g/mol. The van der Waals surface area contributed by atoms with Gasteiger partial charge in [-0.05, 0) is 91.8 Å². The second-order valence-electron chi connectivity index (χ2n) is 23.2. The zero-order chi connectivity index (χ0) is 67.4. The molecule has 28 heteroatoms. The highest BCUT2D eigenvalue weighted by Crippen LogP contribution is 2.46. The van der Waals surface area contributed by atoms with Crippen molar-refractivity contribution < 1.29 is 90.4 Å². The van der Waals surface area contributed by atoms with E-state index in [4.69, 9.17) is 62.8 Å². The minimum Gasteiger partial charge on any atom is -0.458 e. The van der Waals surface area contributed by atoms with Gasteiger partial charge >= 0.3 is 18.1 Å². The third kappa shape index (κ3) is 21.4. The average Bonchev–Trinajstić information content (AvgIpc) is 1.49. The summed E-state index contributed by atoms with van der Waals surface area (Å²) in [5.74, 6) is -3.29. The Morgan fingerprint density at radius 3 is 1.88 bits per heavy atom. The first kappa shape index (κ1) is 74.1. The number of anilines is 1. The molecule has 0 unspecified atom stereocenters. The summed E-state index contributed by atoms with van der Waals surface area (Å²) in [4.78, 5) is 97.5. The van der Waals surface area contributed by atoms with E-state index in [9.17, 15) is 38.7 Å². The number of carbonyl (C=O) groups excluding carboxylic acids is 6. The summed E-state index contributed by atoms with van der Waals surface area (Å²) < 4.78 is 77.5. The van der Waals surface area contributed by atoms with Gasteiger partial charge in [0.1, 0.15) is 31.1 Å². The molecule has 0 fully saturated rings. The van der Waals surface area contributed by atoms with E-state index >= 15 is 4.39 Å². The number of nitrogens with zero attached hydrogens (tertiary/aromatic N) is 2. The lowest BCUT2D eigenvalue weighted by Crippen LogP contribution is -2.54. The number of nitrogens with two attached hydrogens (primary N) is 1. The van der Waals surface area contributed by atoms with E-state index in [1.807, 2.05) is 0 Å². The Hall–Kier alpha value is -7.25. The molecule has 3 aliphatic rings. The van der Waals surface area contributed by atoms with Crippen LogP contribution in [0.3, 0.4) is 0 Å². The predicted molar refractivity (Wildman–Crippen MR) is 341 cm³/mol. The molecule has 4 heterocycles. The van der Waals surface area contributed by atoms with Gasteiger partial charge in [-0.25, -0.2) is 23.8 Å². The Bertz CT molecular complexity index is 3220. The number of hydrogen-bond acceptors (Lipinski definition) is 20. The SMILES string of the molecule is CCCCOCCOCCOCCOCCOCCOCCOCCOCCOCCC(=O)N[C@H](C(=O)N[C@@H](CCCNC(N)=O)C(=O)Nc1ccc(COC(=O)N[C@H]2CCc3c(C)c(F)cc4nc5c(c2c34)Cn2c-5cc3c(c2=O)COC(=O)[C@]3(O)CC)cc1)C(C)C. The number of nitrogens with one attached hydrogen (secondary N) is 5. The summed E-state index contributed by atoms with van der Waals surface area (Å²) in [6.07, 6.45) is 2.48. The van der Waals surface area contributed by atoms with Gasteiger partial charge in [-0.1, -0.05) is 46.2 Å². The van der Waals surface area contributed by atoms with Crippen LogP contribution in [-0.2, 0) is 103 Å². The van der Waals surface area contributed by atoms with Crippen LogP contribution in [0, 0.1) is 18.7 Å². The second kappa shape index (κ2) is 38.3. The number of esters is 1. The van der Waals surface area contributed by atoms with Gasteiger partial charge in [-0.2, -0.15) is 0 Å². The molecule has 1 aliphatic carbocycles. The van der Waals surface area contributed by atoms with Crippen LogP contribution in [0.25, 0.3) is 22.3 Å². The van der Waals surface area contributed by atoms with Crippen molar-refractivity contribution in [1.82, 2.24) is 30.8 Å². The van der Waals surface area contributed by atoms with Crippen LogP contribution in [0.5, 0.6) is 0 Å². The number of amides is 6. The van der Waals surface area contributed by atoms with Crippen molar-refractivity contribution >= 4 is 52.4 Å². The molecule has 94 heavy (non-hydrogen) atoms. The highest BCUT2D eigenvalue weighted by molar-refractivity contribution is 5.99. The molecule has 2 aromatic heterocycles. The maximum absolute atomic E-state index is 15.5. The second-order valence-corrected chi connectivity index (χ2v) is 23.2. The van der Waals surface area contributed by atoms with Crippen molar-refractivity contribution in [1.29, 1.82) is 0 Å². The molecule has 27 nitrogen and oxygen atoms in total. The summed E-state index contributed by atoms with van der Waals surface area (Å²) in [5.41, 5.74) is 7.47. The van der Waals surface area contributed by atoms with Gasteiger partial charge in [-0.15, -0.1) is 0 Å². The zero-order valence-corrected chi connectivity index (χ0v) is 54.6. The molecule has 8 N–H and O–H groups in total. The lowest BCUT2D eigenvalue weighted by Gasteiger charge is -2.31. The first-order chi connectivity index (χ1) is 45.4. The fraction of sp³-hybridized carbons (Fsp3) is 0.606. The Morgan fingerprint density at radius 1 is 0.755 bits per heavy atom. The fourth-order valence-corrected chi connectivity index (χ4v) is 11.0. The van der Waals surface area contributed by atoms with Crippen molar-refractivity contribution in [3.8, 4) is 11.4 Å². The van der Waals surface area contributed by atoms with Crippen LogP contribution < -0.4 is 37.9 Å². The number of rotatable bonds is 44. The number of fused-ring (bicyclic) bond motifs is 5. The minimum absolute atomic E-state index is 0.0400. The van der Waals surface area contributed by atoms with Gasteiger partial charge < -0.3 is 94.1 Å². The standard InChI is InChI=1S/C66H93FN8O19/c1-6-8-19-84-21-23-86-25-27-88-29-31-90-33-35-92-36-34-91-32-30-89-28-26-87-24-22-85-20-17-55(76)74-58(42(3)4)61(78)72-52(10-9-18-69-64(68)81)60(77)70-45-13-11-44(12-14-45)40-94-65(82)73-51-16-15-46-43(5)50(67)38-53-56(46)57(51)47-39-75-54(59(47)71-53)37-49-48(62(75)79)41-93-63(80)66(49,83)7-2/h11-14,37-38,42,51-52,58,83H,6-10,15-36,39-41H2,1-5H3,(H,70,77)(H,72,78)(H,73,82)(H,74,76)(H3,68,69,81)/t51-,52-,58-,66-/m0/s1. The van der Waals surface area contributed by atoms with E-state index in [2.05, 4.69) is 33.5 Å². The maximum Gasteiger partial charge on any atom is 0.407 e. The molecule has 518 valence electrons. The predicted octanol–water partition coefficient (Wildman–Crippen LogP) is 4.79. The molecule has 2 aromatic carbocycles. The monoisotopic (exact) mass is 1320 g/mol. The molecule has 0 bridgehead atoms. The molecule has 4 aromatic rings. The Labute approximate surface area is 546 Å². The first-order valence-electron chi connectivity index (χ1n) is 32.4. The number of ether oxygens (including phenoxy) is 11. The summed E-state index contributed by atoms with van der Waals surface area (Å²) >= 11 is 0. The summed E-state index contributed by atoms with van der Waals surface area (Å²) in [6, 6.07) is 5.91. The maximum atomic E-state index is 15.5. The molecule has 6 amide bonds. The molecule has 0 radical (unpaired) electrons. The van der Waals surface area contributed by atoms with Gasteiger partial charge in [0.05, 0.1) is 147 Å². The number of aliphatic hydroxyl groups is 1. The molecule has 4 atom stereocenters. The number of aryl methyl sites for hydroxylation is 1. The number of benzene rings is 2. The van der Waals surface area contributed by atoms with Gasteiger partial charge in [0.15, 0.2) is 5.60 Å². The van der Waals surface area contributed by atoms with Crippen LogP contribution in [0.1, 0.15) is 118 Å². The summed E-state index contributed by atoms with van der Waals surface area (Å²) in [5, 5.41) is 25.9. The number of alkyl carbamates (subject to hydrolysis) is 1. The van der Waals surface area contributed by atoms with E-state index in [-0.39, 0.29) is 88.9 Å². The van der Waals surface area contributed by atoms with Crippen molar-refractivity contribution in [3.63, 3.8) is 0 Å². The normalized spacial score (nSPS) is 16.0. The minimum atomic E-state index is -2.05. The quantitative estimate of drug-likeness (QED) is 0.0203. The van der Waals surface area contributed by atoms with E-state index in [0.29, 0.717) is 156 Å². The Balaban J connectivity index is 0.788. The zero-order valence-electron chi connectivity index (χ0n) is 54.6. The number of unbranched alkanes of at least 4 members (excludes halogenated alkanes) is 1. The van der Waals surface area contributed by atoms with Crippen LogP contribution in [0.4, 0.5) is 19.7 Å². The molecular weight excluding hydrogens is 1230 g/mol. The van der Waals surface area contributed by atoms with Crippen molar-refractivity contribution in [2.45, 2.75) is 129 Å². The number of cyclic esters (lactones) is 1. The number of carbonyl (C=O) groups is 6. The van der Waals surface area contributed by atoms with Gasteiger partial charge in [0.25, 0.3) is 5.56 Å². The molecule has 0 saturated heterocycles. The van der Waals surface area contributed by atoms with E-state index in [1.54, 1.807) is 58.0 Å². The van der Waals surface area contributed by atoms with E-state index in [1.165, 1.54) is 10.6 Å². The van der Waals surface area contributed by atoms with Gasteiger partial charge in [-0.3, -0.25) is 19.2 Å². The first-order valence-corrected chi connectivity index (χ1v) is 32.4. The summed E-state index contributed by atoms with van der Waals surface area (Å²) in [6.45, 7) is 16.4. The highest BCUT2D eigenvalue weighted by atomic mass is 19.1. The molecule has 0 saturated carbocycles. The lowest BCUT2D eigenvalue weighted by atomic mass is 9.81. The highest BCUT2D eigenvalue weighted by Gasteiger charge is 2.46. The number of halogens is 1. The number of pyridine rings is 2. The number of urea groups is 1. The third-order valence-corrected chi connectivity index (χ3v) is 16.2. The lowest BCUT2D eigenvalue weighted by molar-refractivity contribution is -0.172. The topological polar surface area (TPSA) is 345 Å². The van der Waals surface area contributed by atoms with E-state index < -0.39 is 70.9 Å². The van der Waals surface area contributed by atoms with Crippen molar-refractivity contribution in [2.24, 2.45) is 11.7 Å². The van der Waals surface area contributed by atoms with E-state index in [0.717, 1.165) is 25.0 Å².